The molecule has 1 unspecified atom stereocenters. The van der Waals surface area contributed by atoms with E-state index in [4.69, 9.17) is 0 Å². The quantitative estimate of drug-likeness (QED) is 0.807. The maximum atomic E-state index is 4.13. The van der Waals surface area contributed by atoms with Crippen LogP contribution in [-0.2, 0) is 6.42 Å². The minimum Gasteiger partial charge on any atom is -0.306 e. The van der Waals surface area contributed by atoms with Crippen molar-refractivity contribution in [1.29, 1.82) is 0 Å². The largest absolute Gasteiger partial charge is 0.306 e. The van der Waals surface area contributed by atoms with Gasteiger partial charge < -0.3 is 4.90 Å². The van der Waals surface area contributed by atoms with E-state index in [1.807, 2.05) is 0 Å². The van der Waals surface area contributed by atoms with Crippen LogP contribution in [0.1, 0.15) is 12.1 Å². The Hall–Kier alpha value is -0.480. The molecule has 0 spiro atoms. The second-order valence-electron chi connectivity index (χ2n) is 3.99. The first-order valence-electron chi connectivity index (χ1n) is 4.89. The molecule has 0 saturated carbocycles. The molecule has 0 N–H and O–H groups in total. The van der Waals surface area contributed by atoms with Gasteiger partial charge in [0.1, 0.15) is 0 Å². The van der Waals surface area contributed by atoms with Crippen molar-refractivity contribution in [2.45, 2.75) is 12.8 Å². The lowest BCUT2D eigenvalue weighted by molar-refractivity contribution is 0.393. The third kappa shape index (κ3) is 2.51. The molecule has 1 aromatic rings. The van der Waals surface area contributed by atoms with Crippen molar-refractivity contribution >= 4 is 15.9 Å². The summed E-state index contributed by atoms with van der Waals surface area (Å²) in [6.45, 7) is 2.40. The zero-order valence-corrected chi connectivity index (χ0v) is 9.87. The molecule has 4 heteroatoms. The molecule has 14 heavy (non-hydrogen) atoms. The highest BCUT2D eigenvalue weighted by atomic mass is 79.9. The third-order valence-corrected chi connectivity index (χ3v) is 3.09. The van der Waals surface area contributed by atoms with E-state index in [1.54, 1.807) is 6.20 Å². The second-order valence-corrected chi connectivity index (χ2v) is 4.90. The van der Waals surface area contributed by atoms with Gasteiger partial charge in [-0.3, -0.25) is 0 Å². The SMILES string of the molecule is CN1CCC(Cc2cc(Br)cnn2)C1. The van der Waals surface area contributed by atoms with Crippen LogP contribution in [0.5, 0.6) is 0 Å². The summed E-state index contributed by atoms with van der Waals surface area (Å²) < 4.78 is 1.02. The fourth-order valence-electron chi connectivity index (χ4n) is 1.97. The van der Waals surface area contributed by atoms with Crippen molar-refractivity contribution < 1.29 is 0 Å². The normalized spacial score (nSPS) is 22.9. The summed E-state index contributed by atoms with van der Waals surface area (Å²) in [5.74, 6) is 0.753. The summed E-state index contributed by atoms with van der Waals surface area (Å²) >= 11 is 3.41. The maximum absolute atomic E-state index is 4.13. The minimum absolute atomic E-state index is 0.753. The molecule has 0 amide bonds. The van der Waals surface area contributed by atoms with Crippen molar-refractivity contribution in [2.24, 2.45) is 5.92 Å². The topological polar surface area (TPSA) is 29.0 Å². The highest BCUT2D eigenvalue weighted by Gasteiger charge is 2.20. The monoisotopic (exact) mass is 255 g/mol. The molecule has 1 saturated heterocycles. The van der Waals surface area contributed by atoms with Crippen LogP contribution in [0.2, 0.25) is 0 Å². The fourth-order valence-corrected chi connectivity index (χ4v) is 2.33. The van der Waals surface area contributed by atoms with Crippen LogP contribution in [0.3, 0.4) is 0 Å². The summed E-state index contributed by atoms with van der Waals surface area (Å²) in [5, 5.41) is 8.06. The molecule has 0 bridgehead atoms. The Balaban J connectivity index is 1.97. The van der Waals surface area contributed by atoms with Gasteiger partial charge >= 0.3 is 0 Å². The lowest BCUT2D eigenvalue weighted by Crippen LogP contribution is -2.15. The number of aromatic nitrogens is 2. The summed E-state index contributed by atoms with van der Waals surface area (Å²) in [6, 6.07) is 2.06. The summed E-state index contributed by atoms with van der Waals surface area (Å²) in [7, 11) is 2.17. The lowest BCUT2D eigenvalue weighted by atomic mass is 10.0. The second kappa shape index (κ2) is 4.36. The van der Waals surface area contributed by atoms with E-state index in [1.165, 1.54) is 19.5 Å². The minimum atomic E-state index is 0.753. The summed E-state index contributed by atoms with van der Waals surface area (Å²) in [4.78, 5) is 2.37. The van der Waals surface area contributed by atoms with Crippen LogP contribution in [-0.4, -0.2) is 35.2 Å². The van der Waals surface area contributed by atoms with Crippen LogP contribution >= 0.6 is 15.9 Å². The predicted octanol–water partition coefficient (Wildman–Crippen LogP) is 1.73. The Bertz CT molecular complexity index is 316. The van der Waals surface area contributed by atoms with Crippen LogP contribution in [0.25, 0.3) is 0 Å². The molecule has 76 valence electrons. The zero-order chi connectivity index (χ0) is 9.97. The van der Waals surface area contributed by atoms with Gasteiger partial charge in [0.2, 0.25) is 0 Å². The van der Waals surface area contributed by atoms with Crippen molar-refractivity contribution in [3.8, 4) is 0 Å². The molecule has 0 radical (unpaired) electrons. The first kappa shape index (κ1) is 10.1. The Morgan fingerprint density at radius 1 is 1.64 bits per heavy atom. The molecular formula is C10H14BrN3. The van der Waals surface area contributed by atoms with Gasteiger partial charge in [0, 0.05) is 11.0 Å². The first-order chi connectivity index (χ1) is 6.74. The molecule has 0 aliphatic carbocycles. The number of nitrogens with zero attached hydrogens (tertiary/aromatic N) is 3. The number of halogens is 1. The number of hydrogen-bond donors (Lipinski definition) is 0. The fraction of sp³-hybridized carbons (Fsp3) is 0.600. The molecule has 1 atom stereocenters. The molecule has 2 rings (SSSR count). The molecule has 1 fully saturated rings. The van der Waals surface area contributed by atoms with Gasteiger partial charge in [0.05, 0.1) is 11.9 Å². The van der Waals surface area contributed by atoms with Gasteiger partial charge in [0.15, 0.2) is 0 Å². The van der Waals surface area contributed by atoms with Gasteiger partial charge in [-0.25, -0.2) is 0 Å². The van der Waals surface area contributed by atoms with Gasteiger partial charge in [-0.15, -0.1) is 0 Å². The standard InChI is InChI=1S/C10H14BrN3/c1-14-3-2-8(7-14)4-10-5-9(11)6-12-13-10/h5-6,8H,2-4,7H2,1H3. The van der Waals surface area contributed by atoms with Crippen molar-refractivity contribution in [2.75, 3.05) is 20.1 Å². The Kier molecular flexibility index (Phi) is 3.13. The zero-order valence-electron chi connectivity index (χ0n) is 8.28. The average Bonchev–Trinajstić information content (AvgIpc) is 2.51. The summed E-state index contributed by atoms with van der Waals surface area (Å²) in [6.07, 6.45) is 4.06. The van der Waals surface area contributed by atoms with E-state index in [9.17, 15) is 0 Å². The maximum Gasteiger partial charge on any atom is 0.0645 e. The molecule has 1 aliphatic rings. The van der Waals surface area contributed by atoms with E-state index >= 15 is 0 Å². The van der Waals surface area contributed by atoms with E-state index in [-0.39, 0.29) is 0 Å². The highest BCUT2D eigenvalue weighted by molar-refractivity contribution is 9.10. The van der Waals surface area contributed by atoms with Crippen LogP contribution in [0.4, 0.5) is 0 Å². The van der Waals surface area contributed by atoms with E-state index in [2.05, 4.69) is 44.1 Å². The first-order valence-corrected chi connectivity index (χ1v) is 5.69. The molecule has 1 aliphatic heterocycles. The number of hydrogen-bond acceptors (Lipinski definition) is 3. The third-order valence-electron chi connectivity index (χ3n) is 2.66. The van der Waals surface area contributed by atoms with E-state index < -0.39 is 0 Å². The highest BCUT2D eigenvalue weighted by Crippen LogP contribution is 2.19. The van der Waals surface area contributed by atoms with Crippen LogP contribution in [0.15, 0.2) is 16.7 Å². The van der Waals surface area contributed by atoms with Gasteiger partial charge in [-0.1, -0.05) is 0 Å². The van der Waals surface area contributed by atoms with Crippen molar-refractivity contribution in [1.82, 2.24) is 15.1 Å². The predicted molar refractivity (Wildman–Crippen MR) is 59.0 cm³/mol. The summed E-state index contributed by atoms with van der Waals surface area (Å²) in [5.41, 5.74) is 1.10. The average molecular weight is 256 g/mol. The lowest BCUT2D eigenvalue weighted by Gasteiger charge is -2.09. The molecule has 1 aromatic heterocycles. The van der Waals surface area contributed by atoms with Crippen molar-refractivity contribution in [3.63, 3.8) is 0 Å². The Morgan fingerprint density at radius 3 is 3.14 bits per heavy atom. The Labute approximate surface area is 92.7 Å². The Morgan fingerprint density at radius 2 is 2.50 bits per heavy atom. The van der Waals surface area contributed by atoms with E-state index in [0.717, 1.165) is 22.5 Å². The molecular weight excluding hydrogens is 242 g/mol. The van der Waals surface area contributed by atoms with Gasteiger partial charge in [-0.2, -0.15) is 10.2 Å². The molecule has 2 heterocycles. The van der Waals surface area contributed by atoms with Gasteiger partial charge in [0.25, 0.3) is 0 Å². The van der Waals surface area contributed by atoms with Crippen LogP contribution in [0, 0.1) is 5.92 Å². The number of rotatable bonds is 2. The molecule has 3 nitrogen and oxygen atoms in total. The molecule has 0 aromatic carbocycles. The number of likely N-dealkylation sites (tertiary alicyclic amines) is 1. The van der Waals surface area contributed by atoms with Crippen molar-refractivity contribution in [3.05, 3.63) is 22.4 Å². The van der Waals surface area contributed by atoms with Crippen LogP contribution < -0.4 is 0 Å². The smallest absolute Gasteiger partial charge is 0.0645 e. The van der Waals surface area contributed by atoms with Gasteiger partial charge in [-0.05, 0) is 54.3 Å². The van der Waals surface area contributed by atoms with E-state index in [0.29, 0.717) is 0 Å².